The molecule has 2 aromatic carbocycles. The Bertz CT molecular complexity index is 798. The molecule has 2 aromatic rings. The highest BCUT2D eigenvalue weighted by Crippen LogP contribution is 2.41. The van der Waals surface area contributed by atoms with Crippen molar-refractivity contribution in [2.45, 2.75) is 24.6 Å². The standard InChI is InChI=1S/C18H15F3O3/c1-24-14-6-7-15-11(9-14)5-8-16(22)17(15,23)12-3-2-4-13(10-12)18(19,20)21/h2-4,6-7,9-10,23H,5,8H2,1H3. The molecule has 1 atom stereocenters. The molecule has 0 heterocycles. The molecule has 0 aliphatic heterocycles. The first-order valence-corrected chi connectivity index (χ1v) is 7.37. The van der Waals surface area contributed by atoms with Crippen molar-refractivity contribution in [2.75, 3.05) is 7.11 Å². The minimum atomic E-state index is -4.55. The second-order valence-corrected chi connectivity index (χ2v) is 5.74. The van der Waals surface area contributed by atoms with E-state index in [1.165, 1.54) is 25.3 Å². The average molecular weight is 336 g/mol. The maximum absolute atomic E-state index is 13.0. The first-order chi connectivity index (χ1) is 11.3. The van der Waals surface area contributed by atoms with Gasteiger partial charge in [-0.05, 0) is 47.4 Å². The van der Waals surface area contributed by atoms with Crippen LogP contribution in [0.15, 0.2) is 42.5 Å². The predicted octanol–water partition coefficient (Wildman–Crippen LogP) is 3.47. The van der Waals surface area contributed by atoms with E-state index in [0.717, 1.165) is 12.1 Å². The fraction of sp³-hybridized carbons (Fsp3) is 0.278. The Kier molecular flexibility index (Phi) is 3.87. The van der Waals surface area contributed by atoms with Crippen LogP contribution < -0.4 is 4.74 Å². The number of hydrogen-bond donors (Lipinski definition) is 1. The fourth-order valence-electron chi connectivity index (χ4n) is 3.07. The van der Waals surface area contributed by atoms with Crippen molar-refractivity contribution >= 4 is 5.78 Å². The topological polar surface area (TPSA) is 46.5 Å². The van der Waals surface area contributed by atoms with Crippen LogP contribution in [0.1, 0.15) is 28.7 Å². The number of carbonyl (C=O) groups excluding carboxylic acids is 1. The first-order valence-electron chi connectivity index (χ1n) is 7.37. The average Bonchev–Trinajstić information content (AvgIpc) is 2.57. The molecule has 6 heteroatoms. The van der Waals surface area contributed by atoms with Gasteiger partial charge in [-0.15, -0.1) is 0 Å². The second kappa shape index (κ2) is 5.63. The summed E-state index contributed by atoms with van der Waals surface area (Å²) in [4.78, 5) is 12.4. The zero-order valence-electron chi connectivity index (χ0n) is 12.9. The van der Waals surface area contributed by atoms with Crippen molar-refractivity contribution in [2.24, 2.45) is 0 Å². The van der Waals surface area contributed by atoms with Crippen LogP contribution in [0, 0.1) is 0 Å². The van der Waals surface area contributed by atoms with Crippen LogP contribution in [0.3, 0.4) is 0 Å². The van der Waals surface area contributed by atoms with E-state index in [4.69, 9.17) is 4.74 Å². The molecule has 3 rings (SSSR count). The van der Waals surface area contributed by atoms with E-state index in [0.29, 0.717) is 23.3 Å². The van der Waals surface area contributed by atoms with Crippen LogP contribution >= 0.6 is 0 Å². The minimum absolute atomic E-state index is 0.0485. The second-order valence-electron chi connectivity index (χ2n) is 5.74. The third-order valence-electron chi connectivity index (χ3n) is 4.33. The number of carbonyl (C=O) groups is 1. The summed E-state index contributed by atoms with van der Waals surface area (Å²) >= 11 is 0. The molecule has 1 aliphatic rings. The number of hydrogen-bond acceptors (Lipinski definition) is 3. The molecule has 0 bridgehead atoms. The molecule has 0 aromatic heterocycles. The highest BCUT2D eigenvalue weighted by Gasteiger charge is 2.44. The SMILES string of the molecule is COc1ccc2c(c1)CCC(=O)C2(O)c1cccc(C(F)(F)F)c1. The molecule has 0 fully saturated rings. The highest BCUT2D eigenvalue weighted by molar-refractivity contribution is 5.94. The van der Waals surface area contributed by atoms with Crippen LogP contribution in [0.5, 0.6) is 5.75 Å². The third kappa shape index (κ3) is 2.57. The molecular weight excluding hydrogens is 321 g/mol. The number of ketones is 1. The Morgan fingerprint density at radius 1 is 1.12 bits per heavy atom. The Morgan fingerprint density at radius 2 is 1.88 bits per heavy atom. The molecule has 0 amide bonds. The van der Waals surface area contributed by atoms with Gasteiger partial charge in [0.15, 0.2) is 11.4 Å². The summed E-state index contributed by atoms with van der Waals surface area (Å²) in [5.41, 5.74) is -2.07. The van der Waals surface area contributed by atoms with Crippen LogP contribution in [-0.4, -0.2) is 18.0 Å². The van der Waals surface area contributed by atoms with Crippen LogP contribution in [0.25, 0.3) is 0 Å². The van der Waals surface area contributed by atoms with E-state index >= 15 is 0 Å². The Hall–Kier alpha value is -2.34. The lowest BCUT2D eigenvalue weighted by Crippen LogP contribution is -2.41. The van der Waals surface area contributed by atoms with Gasteiger partial charge in [0.1, 0.15) is 5.75 Å². The van der Waals surface area contributed by atoms with E-state index in [1.54, 1.807) is 12.1 Å². The lowest BCUT2D eigenvalue weighted by Gasteiger charge is -2.34. The van der Waals surface area contributed by atoms with E-state index < -0.39 is 23.1 Å². The summed E-state index contributed by atoms with van der Waals surface area (Å²) in [6, 6.07) is 9.09. The molecule has 0 spiro atoms. The number of alkyl halides is 3. The molecule has 1 aliphatic carbocycles. The Morgan fingerprint density at radius 3 is 2.54 bits per heavy atom. The van der Waals surface area contributed by atoms with Crippen molar-refractivity contribution in [1.82, 2.24) is 0 Å². The molecule has 0 saturated heterocycles. The summed E-state index contributed by atoms with van der Waals surface area (Å²) in [7, 11) is 1.49. The van der Waals surface area contributed by atoms with Crippen LogP contribution in [0.4, 0.5) is 13.2 Å². The highest BCUT2D eigenvalue weighted by atomic mass is 19.4. The van der Waals surface area contributed by atoms with Gasteiger partial charge < -0.3 is 9.84 Å². The molecule has 0 saturated carbocycles. The van der Waals surface area contributed by atoms with Crippen molar-refractivity contribution in [1.29, 1.82) is 0 Å². The number of ether oxygens (including phenoxy) is 1. The third-order valence-corrected chi connectivity index (χ3v) is 4.33. The first kappa shape index (κ1) is 16.5. The lowest BCUT2D eigenvalue weighted by atomic mass is 9.74. The van der Waals surface area contributed by atoms with Gasteiger partial charge in [0.05, 0.1) is 12.7 Å². The lowest BCUT2D eigenvalue weighted by molar-refractivity contribution is -0.139. The fourth-order valence-corrected chi connectivity index (χ4v) is 3.07. The summed E-state index contributed by atoms with van der Waals surface area (Å²) in [6.45, 7) is 0. The summed E-state index contributed by atoms with van der Waals surface area (Å²) < 4.78 is 44.0. The van der Waals surface area contributed by atoms with Gasteiger partial charge in [-0.3, -0.25) is 4.79 Å². The van der Waals surface area contributed by atoms with E-state index in [9.17, 15) is 23.1 Å². The maximum Gasteiger partial charge on any atom is 0.416 e. The predicted molar refractivity (Wildman–Crippen MR) is 80.8 cm³/mol. The Balaban J connectivity index is 2.18. The normalized spacial score (nSPS) is 20.6. The molecule has 3 nitrogen and oxygen atoms in total. The number of Topliss-reactive ketones (excluding diaryl/α,β-unsaturated/α-hetero) is 1. The maximum atomic E-state index is 13.0. The molecule has 126 valence electrons. The van der Waals surface area contributed by atoms with Gasteiger partial charge in [0, 0.05) is 6.42 Å². The summed E-state index contributed by atoms with van der Waals surface area (Å²) in [6.07, 6.45) is -4.09. The van der Waals surface area contributed by atoms with E-state index in [1.807, 2.05) is 0 Å². The van der Waals surface area contributed by atoms with Gasteiger partial charge in [0.2, 0.25) is 0 Å². The van der Waals surface area contributed by atoms with Crippen molar-refractivity contribution in [3.63, 3.8) is 0 Å². The number of rotatable bonds is 2. The van der Waals surface area contributed by atoms with Crippen LogP contribution in [0.2, 0.25) is 0 Å². The van der Waals surface area contributed by atoms with E-state index in [-0.39, 0.29) is 12.0 Å². The minimum Gasteiger partial charge on any atom is -0.497 e. The summed E-state index contributed by atoms with van der Waals surface area (Å²) in [5.74, 6) is 0.0500. The number of fused-ring (bicyclic) bond motifs is 1. The number of methoxy groups -OCH3 is 1. The zero-order chi connectivity index (χ0) is 17.5. The number of halogens is 3. The van der Waals surface area contributed by atoms with Crippen LogP contribution in [-0.2, 0) is 23.0 Å². The smallest absolute Gasteiger partial charge is 0.416 e. The monoisotopic (exact) mass is 336 g/mol. The van der Waals surface area contributed by atoms with Gasteiger partial charge >= 0.3 is 6.18 Å². The summed E-state index contributed by atoms with van der Waals surface area (Å²) in [5, 5.41) is 11.1. The largest absolute Gasteiger partial charge is 0.497 e. The van der Waals surface area contributed by atoms with Crippen molar-refractivity contribution in [3.8, 4) is 5.75 Å². The quantitative estimate of drug-likeness (QED) is 0.913. The molecular formula is C18H15F3O3. The van der Waals surface area contributed by atoms with Gasteiger partial charge in [-0.1, -0.05) is 18.2 Å². The van der Waals surface area contributed by atoms with Crippen molar-refractivity contribution < 1.29 is 27.8 Å². The number of aryl methyl sites for hydroxylation is 1. The van der Waals surface area contributed by atoms with Crippen molar-refractivity contribution in [3.05, 3.63) is 64.7 Å². The zero-order valence-corrected chi connectivity index (χ0v) is 12.9. The molecule has 24 heavy (non-hydrogen) atoms. The Labute approximate surface area is 136 Å². The molecule has 1 N–H and O–H groups in total. The number of benzene rings is 2. The van der Waals surface area contributed by atoms with Gasteiger partial charge in [-0.25, -0.2) is 0 Å². The molecule has 0 radical (unpaired) electrons. The van der Waals surface area contributed by atoms with Gasteiger partial charge in [-0.2, -0.15) is 13.2 Å². The molecule has 1 unspecified atom stereocenters. The van der Waals surface area contributed by atoms with E-state index in [2.05, 4.69) is 0 Å². The van der Waals surface area contributed by atoms with Gasteiger partial charge in [0.25, 0.3) is 0 Å². The number of aliphatic hydroxyl groups is 1.